The van der Waals surface area contributed by atoms with Crippen molar-refractivity contribution in [2.45, 2.75) is 52.6 Å². The fourth-order valence-corrected chi connectivity index (χ4v) is 2.07. The van der Waals surface area contributed by atoms with Crippen molar-refractivity contribution in [3.05, 3.63) is 35.4 Å². The Balaban J connectivity index is 2.57. The summed E-state index contributed by atoms with van der Waals surface area (Å²) < 4.78 is 0. The monoisotopic (exact) mass is 248 g/mol. The summed E-state index contributed by atoms with van der Waals surface area (Å²) in [6.07, 6.45) is 1.92. The summed E-state index contributed by atoms with van der Waals surface area (Å²) in [5.74, 6) is 0. The lowest BCUT2D eigenvalue weighted by Crippen LogP contribution is -2.42. The third-order valence-electron chi connectivity index (χ3n) is 3.32. The molecule has 2 N–H and O–H groups in total. The molecule has 0 saturated heterocycles. The SMILES string of the molecule is CCC(CC)NC(=O)NC(C)c1ccccc1C. The van der Waals surface area contributed by atoms with Gasteiger partial charge in [0.15, 0.2) is 0 Å². The van der Waals surface area contributed by atoms with Gasteiger partial charge in [-0.1, -0.05) is 38.1 Å². The summed E-state index contributed by atoms with van der Waals surface area (Å²) in [5, 5.41) is 5.97. The molecular formula is C15H24N2O. The highest BCUT2D eigenvalue weighted by Gasteiger charge is 2.13. The standard InChI is InChI=1S/C15H24N2O/c1-5-13(6-2)17-15(18)16-12(4)14-10-8-7-9-11(14)3/h7-10,12-13H,5-6H2,1-4H3,(H2,16,17,18). The summed E-state index contributed by atoms with van der Waals surface area (Å²) in [7, 11) is 0. The Morgan fingerprint density at radius 3 is 2.33 bits per heavy atom. The number of urea groups is 1. The molecule has 0 heterocycles. The van der Waals surface area contributed by atoms with E-state index in [9.17, 15) is 4.79 Å². The van der Waals surface area contributed by atoms with Crippen molar-refractivity contribution in [2.24, 2.45) is 0 Å². The normalized spacial score (nSPS) is 12.3. The van der Waals surface area contributed by atoms with E-state index in [1.807, 2.05) is 19.1 Å². The van der Waals surface area contributed by atoms with Crippen LogP contribution in [0.25, 0.3) is 0 Å². The minimum Gasteiger partial charge on any atom is -0.335 e. The van der Waals surface area contributed by atoms with E-state index in [4.69, 9.17) is 0 Å². The molecule has 1 aromatic rings. The largest absolute Gasteiger partial charge is 0.335 e. The lowest BCUT2D eigenvalue weighted by atomic mass is 10.0. The zero-order valence-electron chi connectivity index (χ0n) is 11.8. The summed E-state index contributed by atoms with van der Waals surface area (Å²) >= 11 is 0. The Bertz CT molecular complexity index is 386. The predicted octanol–water partition coefficient (Wildman–Crippen LogP) is 3.54. The van der Waals surface area contributed by atoms with Gasteiger partial charge >= 0.3 is 6.03 Å². The number of hydrogen-bond donors (Lipinski definition) is 2. The van der Waals surface area contributed by atoms with Crippen LogP contribution in [0.4, 0.5) is 4.79 Å². The van der Waals surface area contributed by atoms with Gasteiger partial charge in [-0.3, -0.25) is 0 Å². The first-order valence-corrected chi connectivity index (χ1v) is 6.71. The van der Waals surface area contributed by atoms with Gasteiger partial charge in [-0.2, -0.15) is 0 Å². The number of carbonyl (C=O) groups is 1. The molecule has 0 saturated carbocycles. The van der Waals surface area contributed by atoms with Crippen LogP contribution in [0.5, 0.6) is 0 Å². The molecule has 100 valence electrons. The Hall–Kier alpha value is -1.51. The first-order chi connectivity index (χ1) is 8.58. The second-order valence-corrected chi connectivity index (χ2v) is 4.71. The zero-order chi connectivity index (χ0) is 13.5. The van der Waals surface area contributed by atoms with E-state index in [1.165, 1.54) is 5.56 Å². The zero-order valence-corrected chi connectivity index (χ0v) is 11.8. The second-order valence-electron chi connectivity index (χ2n) is 4.71. The van der Waals surface area contributed by atoms with Gasteiger partial charge < -0.3 is 10.6 Å². The average molecular weight is 248 g/mol. The molecule has 1 atom stereocenters. The predicted molar refractivity (Wildman–Crippen MR) is 75.6 cm³/mol. The minimum absolute atomic E-state index is 0.0283. The molecule has 2 amide bonds. The van der Waals surface area contributed by atoms with Crippen molar-refractivity contribution < 1.29 is 4.79 Å². The molecule has 0 aliphatic rings. The molecule has 0 aromatic heterocycles. The van der Waals surface area contributed by atoms with Crippen LogP contribution in [0.3, 0.4) is 0 Å². The number of benzene rings is 1. The third kappa shape index (κ3) is 4.06. The van der Waals surface area contributed by atoms with Crippen molar-refractivity contribution in [1.82, 2.24) is 10.6 Å². The number of hydrogen-bond acceptors (Lipinski definition) is 1. The van der Waals surface area contributed by atoms with Gasteiger partial charge in [-0.05, 0) is 37.8 Å². The maximum atomic E-state index is 11.8. The number of carbonyl (C=O) groups excluding carboxylic acids is 1. The van der Waals surface area contributed by atoms with Crippen LogP contribution in [-0.4, -0.2) is 12.1 Å². The van der Waals surface area contributed by atoms with E-state index in [1.54, 1.807) is 0 Å². The number of amides is 2. The summed E-state index contributed by atoms with van der Waals surface area (Å²) in [5.41, 5.74) is 2.37. The smallest absolute Gasteiger partial charge is 0.315 e. The lowest BCUT2D eigenvalue weighted by molar-refractivity contribution is 0.233. The highest BCUT2D eigenvalue weighted by Crippen LogP contribution is 2.16. The topological polar surface area (TPSA) is 41.1 Å². The molecule has 3 nitrogen and oxygen atoms in total. The molecule has 0 bridgehead atoms. The minimum atomic E-state index is -0.0838. The quantitative estimate of drug-likeness (QED) is 0.822. The van der Waals surface area contributed by atoms with E-state index in [2.05, 4.69) is 43.5 Å². The fourth-order valence-electron chi connectivity index (χ4n) is 2.07. The maximum absolute atomic E-state index is 11.8. The van der Waals surface area contributed by atoms with Crippen molar-refractivity contribution in [1.29, 1.82) is 0 Å². The molecule has 0 fully saturated rings. The van der Waals surface area contributed by atoms with E-state index < -0.39 is 0 Å². The highest BCUT2D eigenvalue weighted by atomic mass is 16.2. The van der Waals surface area contributed by atoms with Crippen LogP contribution in [0.2, 0.25) is 0 Å². The van der Waals surface area contributed by atoms with E-state index >= 15 is 0 Å². The van der Waals surface area contributed by atoms with Crippen molar-refractivity contribution >= 4 is 6.03 Å². The van der Waals surface area contributed by atoms with Crippen molar-refractivity contribution in [3.8, 4) is 0 Å². The summed E-state index contributed by atoms with van der Waals surface area (Å²) in [6, 6.07) is 8.33. The van der Waals surface area contributed by atoms with Gasteiger partial charge in [-0.15, -0.1) is 0 Å². The second kappa shape index (κ2) is 7.04. The van der Waals surface area contributed by atoms with E-state index in [0.717, 1.165) is 18.4 Å². The molecule has 0 aliphatic heterocycles. The van der Waals surface area contributed by atoms with Crippen LogP contribution in [0.1, 0.15) is 50.8 Å². The van der Waals surface area contributed by atoms with Gasteiger partial charge in [0.25, 0.3) is 0 Å². The van der Waals surface area contributed by atoms with Gasteiger partial charge in [0.1, 0.15) is 0 Å². The molecule has 0 spiro atoms. The van der Waals surface area contributed by atoms with Crippen LogP contribution < -0.4 is 10.6 Å². The summed E-state index contributed by atoms with van der Waals surface area (Å²) in [4.78, 5) is 11.8. The fraction of sp³-hybridized carbons (Fsp3) is 0.533. The van der Waals surface area contributed by atoms with Crippen molar-refractivity contribution in [3.63, 3.8) is 0 Å². The molecule has 1 rings (SSSR count). The molecule has 1 aromatic carbocycles. The van der Waals surface area contributed by atoms with E-state index in [-0.39, 0.29) is 18.1 Å². The Kier molecular flexibility index (Phi) is 5.69. The van der Waals surface area contributed by atoms with Gasteiger partial charge in [-0.25, -0.2) is 4.79 Å². The van der Waals surface area contributed by atoms with E-state index in [0.29, 0.717) is 0 Å². The first kappa shape index (κ1) is 14.6. The number of nitrogens with one attached hydrogen (secondary N) is 2. The maximum Gasteiger partial charge on any atom is 0.315 e. The molecule has 1 unspecified atom stereocenters. The first-order valence-electron chi connectivity index (χ1n) is 6.71. The van der Waals surface area contributed by atoms with Gasteiger partial charge in [0.05, 0.1) is 6.04 Å². The molecule has 0 radical (unpaired) electrons. The average Bonchev–Trinajstić information content (AvgIpc) is 2.36. The van der Waals surface area contributed by atoms with Crippen LogP contribution in [0, 0.1) is 6.92 Å². The highest BCUT2D eigenvalue weighted by molar-refractivity contribution is 5.74. The Labute approximate surface area is 110 Å². The number of aryl methyl sites for hydroxylation is 1. The molecule has 0 aliphatic carbocycles. The van der Waals surface area contributed by atoms with Gasteiger partial charge in [0, 0.05) is 6.04 Å². The van der Waals surface area contributed by atoms with Crippen LogP contribution >= 0.6 is 0 Å². The van der Waals surface area contributed by atoms with Crippen molar-refractivity contribution in [2.75, 3.05) is 0 Å². The summed E-state index contributed by atoms with van der Waals surface area (Å²) in [6.45, 7) is 8.24. The Morgan fingerprint density at radius 2 is 1.78 bits per heavy atom. The number of rotatable bonds is 5. The van der Waals surface area contributed by atoms with Crippen LogP contribution in [-0.2, 0) is 0 Å². The van der Waals surface area contributed by atoms with Gasteiger partial charge in [0.2, 0.25) is 0 Å². The third-order valence-corrected chi connectivity index (χ3v) is 3.32. The molecule has 3 heteroatoms. The Morgan fingerprint density at radius 1 is 1.17 bits per heavy atom. The molecular weight excluding hydrogens is 224 g/mol. The lowest BCUT2D eigenvalue weighted by Gasteiger charge is -2.20. The van der Waals surface area contributed by atoms with Crippen LogP contribution in [0.15, 0.2) is 24.3 Å². The molecule has 18 heavy (non-hydrogen) atoms.